The molecule has 0 aliphatic heterocycles. The molecular weight excluding hydrogens is 273 g/mol. The van der Waals surface area contributed by atoms with Gasteiger partial charge in [0.15, 0.2) is 0 Å². The topological polar surface area (TPSA) is 72.2 Å². The van der Waals surface area contributed by atoms with Crippen LogP contribution in [0.25, 0.3) is 5.78 Å². The van der Waals surface area contributed by atoms with E-state index in [9.17, 15) is 9.18 Å². The van der Waals surface area contributed by atoms with Crippen molar-refractivity contribution in [3.8, 4) is 0 Å². The van der Waals surface area contributed by atoms with Gasteiger partial charge in [0.1, 0.15) is 5.82 Å². The highest BCUT2D eigenvalue weighted by Gasteiger charge is 2.13. The van der Waals surface area contributed by atoms with Crippen molar-refractivity contribution in [1.82, 2.24) is 24.9 Å². The Morgan fingerprint density at radius 3 is 3.00 bits per heavy atom. The van der Waals surface area contributed by atoms with E-state index >= 15 is 0 Å². The number of hydrogen-bond donors (Lipinski definition) is 1. The lowest BCUT2D eigenvalue weighted by Crippen LogP contribution is -2.24. The minimum atomic E-state index is -0.427. The van der Waals surface area contributed by atoms with Gasteiger partial charge in [0.05, 0.1) is 0 Å². The fourth-order valence-corrected chi connectivity index (χ4v) is 1.91. The van der Waals surface area contributed by atoms with Crippen molar-refractivity contribution >= 4 is 11.7 Å². The number of nitrogens with zero attached hydrogens (tertiary/aromatic N) is 4. The lowest BCUT2D eigenvalue weighted by atomic mass is 10.2. The molecule has 1 aromatic carbocycles. The van der Waals surface area contributed by atoms with Crippen molar-refractivity contribution in [1.29, 1.82) is 0 Å². The number of hydrogen-bond acceptors (Lipinski definition) is 4. The molecule has 2 aromatic heterocycles. The van der Waals surface area contributed by atoms with Crippen LogP contribution in [0.15, 0.2) is 36.5 Å². The monoisotopic (exact) mass is 285 g/mol. The molecule has 0 aliphatic rings. The van der Waals surface area contributed by atoms with Gasteiger partial charge < -0.3 is 5.32 Å². The Balaban J connectivity index is 1.76. The van der Waals surface area contributed by atoms with Crippen molar-refractivity contribution in [2.45, 2.75) is 13.5 Å². The Hall–Kier alpha value is -2.83. The second kappa shape index (κ2) is 5.28. The number of amides is 1. The van der Waals surface area contributed by atoms with Gasteiger partial charge >= 0.3 is 0 Å². The van der Waals surface area contributed by atoms with E-state index in [0.29, 0.717) is 11.3 Å². The molecule has 106 valence electrons. The summed E-state index contributed by atoms with van der Waals surface area (Å²) in [5.74, 6) is -0.365. The second-order valence-electron chi connectivity index (χ2n) is 4.55. The van der Waals surface area contributed by atoms with Crippen molar-refractivity contribution < 1.29 is 9.18 Å². The van der Waals surface area contributed by atoms with Gasteiger partial charge in [-0.25, -0.2) is 13.9 Å². The van der Waals surface area contributed by atoms with E-state index < -0.39 is 5.91 Å². The minimum Gasteiger partial charge on any atom is -0.345 e. The molecule has 0 spiro atoms. The quantitative estimate of drug-likeness (QED) is 0.791. The number of carbonyl (C=O) groups excluding carboxylic acids is 1. The average Bonchev–Trinajstić information content (AvgIpc) is 2.90. The maximum absolute atomic E-state index is 13.0. The van der Waals surface area contributed by atoms with Crippen molar-refractivity contribution in [3.05, 3.63) is 59.4 Å². The Morgan fingerprint density at radius 1 is 1.38 bits per heavy atom. The fourth-order valence-electron chi connectivity index (χ4n) is 1.91. The molecule has 1 N–H and O–H groups in total. The van der Waals surface area contributed by atoms with E-state index in [0.717, 1.165) is 5.69 Å². The van der Waals surface area contributed by atoms with E-state index in [1.807, 2.05) is 6.92 Å². The first-order valence-electron chi connectivity index (χ1n) is 6.34. The van der Waals surface area contributed by atoms with Crippen molar-refractivity contribution in [3.63, 3.8) is 0 Å². The summed E-state index contributed by atoms with van der Waals surface area (Å²) >= 11 is 0. The Morgan fingerprint density at radius 2 is 2.24 bits per heavy atom. The molecule has 0 aliphatic carbocycles. The lowest BCUT2D eigenvalue weighted by molar-refractivity contribution is 0.0940. The zero-order valence-electron chi connectivity index (χ0n) is 11.2. The summed E-state index contributed by atoms with van der Waals surface area (Å²) < 4.78 is 14.5. The number of nitrogens with one attached hydrogen (secondary N) is 1. The number of aromatic nitrogens is 4. The summed E-state index contributed by atoms with van der Waals surface area (Å²) in [4.78, 5) is 20.1. The van der Waals surface area contributed by atoms with E-state index in [2.05, 4.69) is 20.4 Å². The van der Waals surface area contributed by atoms with Gasteiger partial charge in [0, 0.05) is 18.4 Å². The maximum Gasteiger partial charge on any atom is 0.291 e. The van der Waals surface area contributed by atoms with E-state index in [4.69, 9.17) is 0 Å². The molecule has 21 heavy (non-hydrogen) atoms. The molecule has 0 atom stereocenters. The molecule has 7 heteroatoms. The molecule has 0 unspecified atom stereocenters. The smallest absolute Gasteiger partial charge is 0.291 e. The molecule has 3 aromatic rings. The van der Waals surface area contributed by atoms with Gasteiger partial charge in [0.2, 0.25) is 5.82 Å². The largest absolute Gasteiger partial charge is 0.345 e. The van der Waals surface area contributed by atoms with Crippen LogP contribution in [0.2, 0.25) is 0 Å². The van der Waals surface area contributed by atoms with Crippen LogP contribution in [0.3, 0.4) is 0 Å². The predicted octanol–water partition coefficient (Wildman–Crippen LogP) is 1.50. The summed E-state index contributed by atoms with van der Waals surface area (Å²) in [7, 11) is 0. The number of fused-ring (bicyclic) bond motifs is 1. The molecule has 2 heterocycles. The van der Waals surface area contributed by atoms with E-state index in [1.165, 1.54) is 16.6 Å². The summed E-state index contributed by atoms with van der Waals surface area (Å²) in [6, 6.07) is 7.81. The third-order valence-electron chi connectivity index (χ3n) is 2.98. The first-order chi connectivity index (χ1) is 10.1. The van der Waals surface area contributed by atoms with Crippen LogP contribution in [-0.4, -0.2) is 25.5 Å². The first-order valence-corrected chi connectivity index (χ1v) is 6.34. The highest BCUT2D eigenvalue weighted by molar-refractivity contribution is 5.90. The molecule has 0 fully saturated rings. The molecule has 0 bridgehead atoms. The van der Waals surface area contributed by atoms with Gasteiger partial charge in [0.25, 0.3) is 11.7 Å². The fraction of sp³-hybridized carbons (Fsp3) is 0.143. The van der Waals surface area contributed by atoms with Crippen LogP contribution in [0, 0.1) is 12.7 Å². The van der Waals surface area contributed by atoms with Crippen LogP contribution in [0.4, 0.5) is 4.39 Å². The highest BCUT2D eigenvalue weighted by atomic mass is 19.1. The molecule has 0 radical (unpaired) electrons. The third kappa shape index (κ3) is 2.71. The van der Waals surface area contributed by atoms with Crippen molar-refractivity contribution in [2.24, 2.45) is 0 Å². The standard InChI is InChI=1S/C14H12FN5O/c1-9-5-6-16-14-18-12(19-20(9)14)13(21)17-8-10-3-2-4-11(15)7-10/h2-7H,8H2,1H3,(H,17,21). The number of rotatable bonds is 3. The summed E-state index contributed by atoms with van der Waals surface area (Å²) in [5, 5.41) is 6.75. The molecular formula is C14H12FN5O. The molecule has 0 saturated heterocycles. The Kier molecular flexibility index (Phi) is 3.31. The van der Waals surface area contributed by atoms with Crippen LogP contribution in [0.1, 0.15) is 21.9 Å². The van der Waals surface area contributed by atoms with Crippen LogP contribution >= 0.6 is 0 Å². The highest BCUT2D eigenvalue weighted by Crippen LogP contribution is 2.04. The summed E-state index contributed by atoms with van der Waals surface area (Å²) in [5.41, 5.74) is 1.50. The molecule has 3 rings (SSSR count). The zero-order chi connectivity index (χ0) is 14.8. The molecule has 0 saturated carbocycles. The molecule has 1 amide bonds. The van der Waals surface area contributed by atoms with Gasteiger partial charge in [-0.2, -0.15) is 4.98 Å². The number of benzene rings is 1. The number of halogens is 1. The van der Waals surface area contributed by atoms with Crippen LogP contribution in [0.5, 0.6) is 0 Å². The zero-order valence-corrected chi connectivity index (χ0v) is 11.2. The van der Waals surface area contributed by atoms with Gasteiger partial charge in [-0.15, -0.1) is 5.10 Å². The predicted molar refractivity (Wildman–Crippen MR) is 73.1 cm³/mol. The van der Waals surface area contributed by atoms with Gasteiger partial charge in [-0.05, 0) is 30.7 Å². The Labute approximate surface area is 119 Å². The number of carbonyl (C=O) groups is 1. The SMILES string of the molecule is Cc1ccnc2nc(C(=O)NCc3cccc(F)c3)nn12. The average molecular weight is 285 g/mol. The third-order valence-corrected chi connectivity index (χ3v) is 2.98. The number of aryl methyl sites for hydroxylation is 1. The van der Waals surface area contributed by atoms with Crippen LogP contribution < -0.4 is 5.32 Å². The minimum absolute atomic E-state index is 0.0354. The second-order valence-corrected chi connectivity index (χ2v) is 4.55. The molecule has 6 nitrogen and oxygen atoms in total. The first kappa shape index (κ1) is 13.2. The summed E-state index contributed by atoms with van der Waals surface area (Å²) in [6.45, 7) is 2.05. The maximum atomic E-state index is 13.0. The normalized spacial score (nSPS) is 10.8. The van der Waals surface area contributed by atoms with Crippen LogP contribution in [-0.2, 0) is 6.54 Å². The van der Waals surface area contributed by atoms with Gasteiger partial charge in [-0.3, -0.25) is 4.79 Å². The van der Waals surface area contributed by atoms with E-state index in [1.54, 1.807) is 24.4 Å². The Bertz CT molecular complexity index is 814. The lowest BCUT2D eigenvalue weighted by Gasteiger charge is -2.02. The van der Waals surface area contributed by atoms with Crippen molar-refractivity contribution in [2.75, 3.05) is 0 Å². The summed E-state index contributed by atoms with van der Waals surface area (Å²) in [6.07, 6.45) is 1.60. The van der Waals surface area contributed by atoms with Gasteiger partial charge in [-0.1, -0.05) is 12.1 Å². The van der Waals surface area contributed by atoms with E-state index in [-0.39, 0.29) is 18.2 Å².